The topological polar surface area (TPSA) is 67.1 Å². The first kappa shape index (κ1) is 16.9. The van der Waals surface area contributed by atoms with Gasteiger partial charge in [-0.25, -0.2) is 9.18 Å². The van der Waals surface area contributed by atoms with E-state index in [9.17, 15) is 22.4 Å². The summed E-state index contributed by atoms with van der Waals surface area (Å²) in [5.41, 5.74) is 4.54. The van der Waals surface area contributed by atoms with E-state index in [0.717, 1.165) is 6.07 Å². The number of carbonyl (C=O) groups is 1. The van der Waals surface area contributed by atoms with Gasteiger partial charge in [-0.3, -0.25) is 0 Å². The van der Waals surface area contributed by atoms with Gasteiger partial charge in [-0.1, -0.05) is 11.6 Å². The van der Waals surface area contributed by atoms with Gasteiger partial charge in [0, 0.05) is 5.69 Å². The minimum absolute atomic E-state index is 0.160. The molecule has 0 aliphatic rings. The molecule has 2 aromatic rings. The number of urea groups is 1. The largest absolute Gasteiger partial charge is 0.416 e. The van der Waals surface area contributed by atoms with Gasteiger partial charge in [0.25, 0.3) is 0 Å². The molecule has 0 aromatic heterocycles. The molecule has 0 saturated carbocycles. The van der Waals surface area contributed by atoms with Crippen molar-refractivity contribution in [1.29, 1.82) is 0 Å². The summed E-state index contributed by atoms with van der Waals surface area (Å²) in [5, 5.41) is 4.59. The molecular formula is C14H10ClF4N3O. The third-order valence-electron chi connectivity index (χ3n) is 2.79. The lowest BCUT2D eigenvalue weighted by molar-refractivity contribution is -0.137. The van der Waals surface area contributed by atoms with Crippen molar-refractivity contribution in [3.63, 3.8) is 0 Å². The van der Waals surface area contributed by atoms with Crippen LogP contribution in [0.25, 0.3) is 0 Å². The van der Waals surface area contributed by atoms with Gasteiger partial charge in [0.15, 0.2) is 0 Å². The lowest BCUT2D eigenvalue weighted by Crippen LogP contribution is -2.20. The van der Waals surface area contributed by atoms with E-state index >= 15 is 0 Å². The zero-order chi connectivity index (χ0) is 17.2. The second kappa shape index (κ2) is 6.33. The minimum atomic E-state index is -4.67. The van der Waals surface area contributed by atoms with Crippen molar-refractivity contribution >= 4 is 34.7 Å². The van der Waals surface area contributed by atoms with Crippen LogP contribution in [0.15, 0.2) is 36.4 Å². The van der Waals surface area contributed by atoms with Gasteiger partial charge >= 0.3 is 12.2 Å². The SMILES string of the molecule is Nc1ccc(NC(=O)Nc2ccc(C(F)(F)F)cc2F)c(Cl)c1. The van der Waals surface area contributed by atoms with E-state index < -0.39 is 29.3 Å². The van der Waals surface area contributed by atoms with Gasteiger partial charge < -0.3 is 16.4 Å². The first-order valence-corrected chi connectivity index (χ1v) is 6.54. The second-order valence-electron chi connectivity index (χ2n) is 4.51. The minimum Gasteiger partial charge on any atom is -0.399 e. The third kappa shape index (κ3) is 4.26. The number of rotatable bonds is 2. The molecule has 0 aliphatic heterocycles. The lowest BCUT2D eigenvalue weighted by Gasteiger charge is -2.12. The highest BCUT2D eigenvalue weighted by atomic mass is 35.5. The Labute approximate surface area is 133 Å². The predicted molar refractivity (Wildman–Crippen MR) is 79.9 cm³/mol. The van der Waals surface area contributed by atoms with Crippen molar-refractivity contribution in [2.24, 2.45) is 0 Å². The lowest BCUT2D eigenvalue weighted by atomic mass is 10.2. The standard InChI is InChI=1S/C14H10ClF4N3O/c15-9-6-8(20)2-4-11(9)21-13(23)22-12-3-1-7(5-10(12)16)14(17,18)19/h1-6H,20H2,(H2,21,22,23). The van der Waals surface area contributed by atoms with Crippen LogP contribution in [-0.4, -0.2) is 6.03 Å². The predicted octanol–water partition coefficient (Wildman–Crippen LogP) is 4.72. The molecule has 0 atom stereocenters. The van der Waals surface area contributed by atoms with Crippen LogP contribution in [0.3, 0.4) is 0 Å². The molecule has 2 rings (SSSR count). The molecule has 4 nitrogen and oxygen atoms in total. The maximum absolute atomic E-state index is 13.6. The quantitative estimate of drug-likeness (QED) is 0.543. The Morgan fingerprint density at radius 3 is 2.22 bits per heavy atom. The third-order valence-corrected chi connectivity index (χ3v) is 3.10. The van der Waals surface area contributed by atoms with Gasteiger partial charge in [-0.15, -0.1) is 0 Å². The highest BCUT2D eigenvalue weighted by Crippen LogP contribution is 2.31. The fraction of sp³-hybridized carbons (Fsp3) is 0.0714. The molecule has 23 heavy (non-hydrogen) atoms. The molecule has 122 valence electrons. The zero-order valence-electron chi connectivity index (χ0n) is 11.3. The van der Waals surface area contributed by atoms with Crippen LogP contribution in [-0.2, 0) is 6.18 Å². The molecule has 4 N–H and O–H groups in total. The molecular weight excluding hydrogens is 338 g/mol. The van der Waals surface area contributed by atoms with E-state index in [-0.39, 0.29) is 10.7 Å². The van der Waals surface area contributed by atoms with Crippen LogP contribution < -0.4 is 16.4 Å². The van der Waals surface area contributed by atoms with Crippen LogP contribution in [0, 0.1) is 5.82 Å². The number of amides is 2. The molecule has 0 fully saturated rings. The van der Waals surface area contributed by atoms with E-state index in [1.807, 2.05) is 0 Å². The number of nitrogen functional groups attached to an aromatic ring is 1. The van der Waals surface area contributed by atoms with Crippen molar-refractivity contribution in [3.05, 3.63) is 52.8 Å². The Morgan fingerprint density at radius 1 is 1.04 bits per heavy atom. The molecule has 2 amide bonds. The summed E-state index contributed by atoms with van der Waals surface area (Å²) in [7, 11) is 0. The fourth-order valence-electron chi connectivity index (χ4n) is 1.70. The Hall–Kier alpha value is -2.48. The second-order valence-corrected chi connectivity index (χ2v) is 4.92. The van der Waals surface area contributed by atoms with E-state index in [1.54, 1.807) is 0 Å². The zero-order valence-corrected chi connectivity index (χ0v) is 12.1. The number of carbonyl (C=O) groups excluding carboxylic acids is 1. The molecule has 0 aliphatic carbocycles. The fourth-order valence-corrected chi connectivity index (χ4v) is 1.94. The van der Waals surface area contributed by atoms with Gasteiger partial charge in [0.05, 0.1) is 22.0 Å². The maximum atomic E-state index is 13.6. The monoisotopic (exact) mass is 347 g/mol. The summed E-state index contributed by atoms with van der Waals surface area (Å²) in [6, 6.07) is 5.23. The number of anilines is 3. The van der Waals surface area contributed by atoms with Gasteiger partial charge in [-0.05, 0) is 36.4 Å². The Morgan fingerprint density at radius 2 is 1.65 bits per heavy atom. The molecule has 0 radical (unpaired) electrons. The summed E-state index contributed by atoms with van der Waals surface area (Å²) >= 11 is 5.86. The maximum Gasteiger partial charge on any atom is 0.416 e. The number of benzene rings is 2. The van der Waals surface area contributed by atoms with Crippen LogP contribution in [0.5, 0.6) is 0 Å². The number of nitrogens with one attached hydrogen (secondary N) is 2. The molecule has 0 heterocycles. The average Bonchev–Trinajstić information content (AvgIpc) is 2.43. The number of alkyl halides is 3. The van der Waals surface area contributed by atoms with Crippen molar-refractivity contribution in [1.82, 2.24) is 0 Å². The van der Waals surface area contributed by atoms with Gasteiger partial charge in [0.1, 0.15) is 5.82 Å². The van der Waals surface area contributed by atoms with Crippen molar-refractivity contribution in [2.45, 2.75) is 6.18 Å². The average molecular weight is 348 g/mol. The highest BCUT2D eigenvalue weighted by Gasteiger charge is 2.31. The Balaban J connectivity index is 2.11. The Bertz CT molecular complexity index is 749. The van der Waals surface area contributed by atoms with Gasteiger partial charge in [-0.2, -0.15) is 13.2 Å². The molecule has 2 aromatic carbocycles. The van der Waals surface area contributed by atoms with Crippen molar-refractivity contribution < 1.29 is 22.4 Å². The molecule has 0 unspecified atom stereocenters. The molecule has 0 saturated heterocycles. The molecule has 0 spiro atoms. The molecule has 9 heteroatoms. The van der Waals surface area contributed by atoms with Crippen molar-refractivity contribution in [3.8, 4) is 0 Å². The van der Waals surface area contributed by atoms with E-state index in [1.165, 1.54) is 18.2 Å². The van der Waals surface area contributed by atoms with E-state index in [4.69, 9.17) is 17.3 Å². The summed E-state index contributed by atoms with van der Waals surface area (Å²) in [6.07, 6.45) is -4.67. The number of hydrogen-bond acceptors (Lipinski definition) is 2. The van der Waals surface area contributed by atoms with E-state index in [2.05, 4.69) is 10.6 Å². The highest BCUT2D eigenvalue weighted by molar-refractivity contribution is 6.34. The summed E-state index contributed by atoms with van der Waals surface area (Å²) in [5.74, 6) is -1.21. The molecule has 0 bridgehead atoms. The first-order valence-electron chi connectivity index (χ1n) is 6.16. The van der Waals surface area contributed by atoms with Crippen LogP contribution in [0.1, 0.15) is 5.56 Å². The number of halogens is 5. The number of nitrogens with two attached hydrogens (primary N) is 1. The smallest absolute Gasteiger partial charge is 0.399 e. The first-order chi connectivity index (χ1) is 10.7. The van der Waals surface area contributed by atoms with Gasteiger partial charge in [0.2, 0.25) is 0 Å². The summed E-state index contributed by atoms with van der Waals surface area (Å²) in [4.78, 5) is 11.8. The van der Waals surface area contributed by atoms with E-state index in [0.29, 0.717) is 17.8 Å². The Kier molecular flexibility index (Phi) is 4.65. The summed E-state index contributed by atoms with van der Waals surface area (Å²) in [6.45, 7) is 0. The van der Waals surface area contributed by atoms with Crippen LogP contribution >= 0.6 is 11.6 Å². The van der Waals surface area contributed by atoms with Crippen LogP contribution in [0.4, 0.5) is 39.4 Å². The van der Waals surface area contributed by atoms with Crippen LogP contribution in [0.2, 0.25) is 5.02 Å². The summed E-state index contributed by atoms with van der Waals surface area (Å²) < 4.78 is 50.9. The van der Waals surface area contributed by atoms with Crippen molar-refractivity contribution in [2.75, 3.05) is 16.4 Å². The normalized spacial score (nSPS) is 11.2. The number of hydrogen-bond donors (Lipinski definition) is 3.